The van der Waals surface area contributed by atoms with E-state index in [0.717, 1.165) is 24.1 Å². The summed E-state index contributed by atoms with van der Waals surface area (Å²) in [6.45, 7) is 0.677. The third-order valence-corrected chi connectivity index (χ3v) is 5.88. The van der Waals surface area contributed by atoms with Crippen LogP contribution in [0.4, 0.5) is 5.69 Å². The van der Waals surface area contributed by atoms with Gasteiger partial charge in [0.15, 0.2) is 0 Å². The van der Waals surface area contributed by atoms with Crippen LogP contribution in [0, 0.1) is 0 Å². The summed E-state index contributed by atoms with van der Waals surface area (Å²) >= 11 is 1.38. The van der Waals surface area contributed by atoms with Gasteiger partial charge in [0.2, 0.25) is 5.91 Å². The molecule has 1 aliphatic rings. The van der Waals surface area contributed by atoms with Crippen LogP contribution >= 0.6 is 11.3 Å². The van der Waals surface area contributed by atoms with Gasteiger partial charge in [-0.15, -0.1) is 11.3 Å². The molecule has 1 atom stereocenters. The number of nitrogens with one attached hydrogen (secondary N) is 1. The zero-order valence-electron chi connectivity index (χ0n) is 15.5. The molecule has 0 bridgehead atoms. The molecule has 0 saturated heterocycles. The minimum absolute atomic E-state index is 0.0547. The normalized spacial score (nSPS) is 14.2. The van der Waals surface area contributed by atoms with Crippen LogP contribution in [0.1, 0.15) is 27.2 Å². The second kappa shape index (κ2) is 8.40. The van der Waals surface area contributed by atoms with Gasteiger partial charge in [-0.25, -0.2) is 0 Å². The number of carbonyl (C=O) groups is 2. The average molecular weight is 391 g/mol. The topological polar surface area (TPSA) is 49.4 Å². The number of para-hydroxylation sites is 1. The van der Waals surface area contributed by atoms with E-state index in [1.54, 1.807) is 6.07 Å². The summed E-state index contributed by atoms with van der Waals surface area (Å²) in [6, 6.07) is 20.9. The van der Waals surface area contributed by atoms with Gasteiger partial charge in [0.1, 0.15) is 6.04 Å². The number of carbonyl (C=O) groups excluding carboxylic acids is 2. The van der Waals surface area contributed by atoms with Crippen LogP contribution in [0.15, 0.2) is 72.1 Å². The van der Waals surface area contributed by atoms with Gasteiger partial charge in [0.25, 0.3) is 5.91 Å². The van der Waals surface area contributed by atoms with Crippen molar-refractivity contribution in [3.63, 3.8) is 0 Å². The number of hydrogen-bond donors (Lipinski definition) is 1. The van der Waals surface area contributed by atoms with Gasteiger partial charge < -0.3 is 10.2 Å². The van der Waals surface area contributed by atoms with E-state index in [1.165, 1.54) is 16.9 Å². The summed E-state index contributed by atoms with van der Waals surface area (Å²) in [5.41, 5.74) is 3.17. The number of hydrogen-bond acceptors (Lipinski definition) is 3. The zero-order valence-corrected chi connectivity index (χ0v) is 16.3. The van der Waals surface area contributed by atoms with Crippen molar-refractivity contribution in [2.75, 3.05) is 11.4 Å². The minimum atomic E-state index is -0.608. The predicted molar refractivity (Wildman–Crippen MR) is 113 cm³/mol. The summed E-state index contributed by atoms with van der Waals surface area (Å²) in [5.74, 6) is -0.254. The van der Waals surface area contributed by atoms with E-state index in [0.29, 0.717) is 17.8 Å². The van der Waals surface area contributed by atoms with Crippen LogP contribution in [-0.2, 0) is 17.6 Å². The predicted octanol–water partition coefficient (Wildman–Crippen LogP) is 4.07. The molecular weight excluding hydrogens is 368 g/mol. The molecule has 2 amide bonds. The Kier molecular flexibility index (Phi) is 5.53. The molecular formula is C23H22N2O2S. The van der Waals surface area contributed by atoms with Crippen LogP contribution in [-0.4, -0.2) is 24.4 Å². The Bertz CT molecular complexity index is 954. The SMILES string of the molecule is O=C(N[C@H](Cc1ccccc1)C(=O)N1CCCc2ccccc21)c1cccs1. The standard InChI is InChI=1S/C23H22N2O2S/c26-22(21-13-7-15-28-21)24-19(16-17-8-2-1-3-9-17)23(27)25-14-6-11-18-10-4-5-12-20(18)25/h1-5,7-10,12-13,15,19H,6,11,14,16H2,(H,24,26)/t19-/m1/s1. The number of thiophene rings is 1. The number of anilines is 1. The van der Waals surface area contributed by atoms with E-state index in [-0.39, 0.29) is 11.8 Å². The van der Waals surface area contributed by atoms with E-state index in [4.69, 9.17) is 0 Å². The van der Waals surface area contributed by atoms with E-state index in [2.05, 4.69) is 11.4 Å². The first kappa shape index (κ1) is 18.4. The molecule has 142 valence electrons. The largest absolute Gasteiger partial charge is 0.339 e. The lowest BCUT2D eigenvalue weighted by Crippen LogP contribution is -2.51. The number of nitrogens with zero attached hydrogens (tertiary/aromatic N) is 1. The molecule has 4 rings (SSSR count). The first-order chi connectivity index (χ1) is 13.7. The molecule has 5 heteroatoms. The quantitative estimate of drug-likeness (QED) is 0.714. The summed E-state index contributed by atoms with van der Waals surface area (Å²) in [6.07, 6.45) is 2.37. The van der Waals surface area contributed by atoms with Gasteiger partial charge in [-0.05, 0) is 41.5 Å². The Labute approximate surface area is 168 Å². The van der Waals surface area contributed by atoms with E-state index in [1.807, 2.05) is 64.9 Å². The summed E-state index contributed by atoms with van der Waals surface area (Å²) in [5, 5.41) is 4.84. The molecule has 28 heavy (non-hydrogen) atoms. The number of amides is 2. The smallest absolute Gasteiger partial charge is 0.262 e. The molecule has 0 saturated carbocycles. The molecule has 2 heterocycles. The van der Waals surface area contributed by atoms with Crippen molar-refractivity contribution in [3.8, 4) is 0 Å². The van der Waals surface area contributed by atoms with Crippen molar-refractivity contribution in [2.24, 2.45) is 0 Å². The highest BCUT2D eigenvalue weighted by Crippen LogP contribution is 2.27. The average Bonchev–Trinajstić information content (AvgIpc) is 3.28. The van der Waals surface area contributed by atoms with Gasteiger partial charge in [0.05, 0.1) is 4.88 Å². The van der Waals surface area contributed by atoms with Crippen LogP contribution in [0.25, 0.3) is 0 Å². The van der Waals surface area contributed by atoms with Gasteiger partial charge in [0, 0.05) is 18.7 Å². The van der Waals surface area contributed by atoms with E-state index < -0.39 is 6.04 Å². The fourth-order valence-corrected chi connectivity index (χ4v) is 4.26. The molecule has 4 nitrogen and oxygen atoms in total. The maximum absolute atomic E-state index is 13.5. The molecule has 1 N–H and O–H groups in total. The lowest BCUT2D eigenvalue weighted by Gasteiger charge is -2.32. The minimum Gasteiger partial charge on any atom is -0.339 e. The first-order valence-electron chi connectivity index (χ1n) is 9.50. The van der Waals surface area contributed by atoms with Crippen molar-refractivity contribution in [1.29, 1.82) is 0 Å². The Morgan fingerprint density at radius 1 is 1.00 bits per heavy atom. The summed E-state index contributed by atoms with van der Waals surface area (Å²) < 4.78 is 0. The second-order valence-electron chi connectivity index (χ2n) is 6.92. The highest BCUT2D eigenvalue weighted by molar-refractivity contribution is 7.12. The zero-order chi connectivity index (χ0) is 19.3. The van der Waals surface area contributed by atoms with Crippen molar-refractivity contribution in [2.45, 2.75) is 25.3 Å². The number of aryl methyl sites for hydroxylation is 1. The summed E-state index contributed by atoms with van der Waals surface area (Å²) in [4.78, 5) is 28.6. The Balaban J connectivity index is 1.61. The number of rotatable bonds is 5. The lowest BCUT2D eigenvalue weighted by molar-refractivity contribution is -0.120. The lowest BCUT2D eigenvalue weighted by atomic mass is 9.99. The molecule has 0 radical (unpaired) electrons. The number of fused-ring (bicyclic) bond motifs is 1. The van der Waals surface area contributed by atoms with Gasteiger partial charge in [-0.1, -0.05) is 54.6 Å². The van der Waals surface area contributed by atoms with E-state index >= 15 is 0 Å². The van der Waals surface area contributed by atoms with Gasteiger partial charge >= 0.3 is 0 Å². The Morgan fingerprint density at radius 2 is 1.79 bits per heavy atom. The Morgan fingerprint density at radius 3 is 2.57 bits per heavy atom. The maximum atomic E-state index is 13.5. The molecule has 1 aliphatic heterocycles. The highest BCUT2D eigenvalue weighted by Gasteiger charge is 2.30. The third-order valence-electron chi connectivity index (χ3n) is 5.01. The molecule has 1 aromatic heterocycles. The fraction of sp³-hybridized carbons (Fsp3) is 0.217. The van der Waals surface area contributed by atoms with Gasteiger partial charge in [-0.3, -0.25) is 9.59 Å². The van der Waals surface area contributed by atoms with Crippen LogP contribution in [0.5, 0.6) is 0 Å². The maximum Gasteiger partial charge on any atom is 0.262 e. The van der Waals surface area contributed by atoms with Crippen LogP contribution in [0.2, 0.25) is 0 Å². The van der Waals surface area contributed by atoms with Crippen molar-refractivity contribution >= 4 is 28.8 Å². The van der Waals surface area contributed by atoms with Crippen molar-refractivity contribution < 1.29 is 9.59 Å². The van der Waals surface area contributed by atoms with Gasteiger partial charge in [-0.2, -0.15) is 0 Å². The van der Waals surface area contributed by atoms with Crippen molar-refractivity contribution in [1.82, 2.24) is 5.32 Å². The molecule has 0 unspecified atom stereocenters. The summed E-state index contributed by atoms with van der Waals surface area (Å²) in [7, 11) is 0. The first-order valence-corrected chi connectivity index (χ1v) is 10.4. The number of benzene rings is 2. The molecule has 2 aromatic carbocycles. The monoisotopic (exact) mass is 390 g/mol. The fourth-order valence-electron chi connectivity index (χ4n) is 3.64. The Hall–Kier alpha value is -2.92. The molecule has 0 aliphatic carbocycles. The van der Waals surface area contributed by atoms with E-state index in [9.17, 15) is 9.59 Å². The van der Waals surface area contributed by atoms with Crippen molar-refractivity contribution in [3.05, 3.63) is 88.1 Å². The third kappa shape index (κ3) is 3.99. The second-order valence-corrected chi connectivity index (χ2v) is 7.86. The van der Waals surface area contributed by atoms with Crippen LogP contribution in [0.3, 0.4) is 0 Å². The molecule has 3 aromatic rings. The van der Waals surface area contributed by atoms with Crippen LogP contribution < -0.4 is 10.2 Å². The highest BCUT2D eigenvalue weighted by atomic mass is 32.1. The molecule has 0 fully saturated rings. The molecule has 0 spiro atoms.